The van der Waals surface area contributed by atoms with Crippen LogP contribution in [0.25, 0.3) is 5.69 Å². The topological polar surface area (TPSA) is 133 Å². The Morgan fingerprint density at radius 2 is 1.79 bits per heavy atom. The van der Waals surface area contributed by atoms with Crippen LogP contribution in [0.3, 0.4) is 0 Å². The van der Waals surface area contributed by atoms with Gasteiger partial charge in [0.1, 0.15) is 0 Å². The molecule has 210 valence electrons. The number of aromatic nitrogens is 1. The second kappa shape index (κ2) is 13.6. The predicted octanol–water partition coefficient (Wildman–Crippen LogP) is 3.16. The van der Waals surface area contributed by atoms with E-state index < -0.39 is 16.6 Å². The molecule has 1 aromatic carbocycles. The van der Waals surface area contributed by atoms with Crippen LogP contribution < -0.4 is 16.2 Å². The highest BCUT2D eigenvalue weighted by Crippen LogP contribution is 2.40. The summed E-state index contributed by atoms with van der Waals surface area (Å²) in [6.45, 7) is 2.51. The number of thiophene rings is 1. The van der Waals surface area contributed by atoms with Crippen molar-refractivity contribution in [2.45, 2.75) is 6.04 Å². The molecule has 2 aromatic heterocycles. The fourth-order valence-electron chi connectivity index (χ4n) is 3.98. The fourth-order valence-corrected chi connectivity index (χ4v) is 6.24. The number of carbonyl (C=O) groups is 2. The Kier molecular flexibility index (Phi) is 10.2. The van der Waals surface area contributed by atoms with Crippen molar-refractivity contribution in [1.29, 1.82) is 0 Å². The number of ether oxygens (including phenoxy) is 1. The van der Waals surface area contributed by atoms with Gasteiger partial charge in [0.05, 0.1) is 40.0 Å². The van der Waals surface area contributed by atoms with Crippen molar-refractivity contribution >= 4 is 45.3 Å². The summed E-state index contributed by atoms with van der Waals surface area (Å²) in [6.07, 6.45) is 1.66. The van der Waals surface area contributed by atoms with Crippen molar-refractivity contribution in [2.75, 3.05) is 50.9 Å². The van der Waals surface area contributed by atoms with Crippen LogP contribution in [0, 0.1) is 0 Å². The van der Waals surface area contributed by atoms with Gasteiger partial charge in [-0.1, -0.05) is 17.7 Å². The predicted molar refractivity (Wildman–Crippen MR) is 155 cm³/mol. The van der Waals surface area contributed by atoms with Gasteiger partial charge in [-0.15, -0.1) is 11.3 Å². The summed E-state index contributed by atoms with van der Waals surface area (Å²) in [4.78, 5) is 40.1. The maximum absolute atomic E-state index is 12.8. The summed E-state index contributed by atoms with van der Waals surface area (Å²) in [5.41, 5.74) is 0.885. The number of pyridine rings is 1. The number of benzene rings is 1. The molecule has 4 rings (SSSR count). The Hall–Kier alpha value is -2.71. The van der Waals surface area contributed by atoms with Gasteiger partial charge in [0.2, 0.25) is 0 Å². The van der Waals surface area contributed by atoms with Crippen LogP contribution in [0.5, 0.6) is 0 Å². The summed E-state index contributed by atoms with van der Waals surface area (Å²) >= 11 is 7.13. The second-order valence-corrected chi connectivity index (χ2v) is 13.2. The molecule has 1 unspecified atom stereocenters. The van der Waals surface area contributed by atoms with E-state index in [4.69, 9.17) is 16.3 Å². The molecule has 39 heavy (non-hydrogen) atoms. The Labute approximate surface area is 236 Å². The van der Waals surface area contributed by atoms with E-state index >= 15 is 0 Å². The van der Waals surface area contributed by atoms with Crippen molar-refractivity contribution < 1.29 is 23.4 Å². The van der Waals surface area contributed by atoms with Gasteiger partial charge in [0.15, 0.2) is 0 Å². The maximum Gasteiger partial charge on any atom is 0.261 e. The molecule has 1 fully saturated rings. The van der Waals surface area contributed by atoms with Crippen LogP contribution in [-0.4, -0.2) is 87.3 Å². The standard InChI is InChI=1S/C26H31ClN4O6S2/c27-23-9-8-22(38-23)26(34)29-20(18-37-14-11-30-12-15-39(35,36)16-13-30)17-28-25(33)19-4-6-21(7-5-19)31-10-2-1-3-24(31)32/h1-10,20,35-36H,11-18H2,(H,28,33)(H,29,34). The lowest BCUT2D eigenvalue weighted by atomic mass is 10.2. The molecule has 1 aliphatic rings. The largest absolute Gasteiger partial charge is 0.378 e. The zero-order chi connectivity index (χ0) is 27.8. The zero-order valence-electron chi connectivity index (χ0n) is 21.1. The molecular formula is C26H31ClN4O6S2. The maximum atomic E-state index is 12.8. The number of rotatable bonds is 11. The van der Waals surface area contributed by atoms with Gasteiger partial charge in [0.25, 0.3) is 17.4 Å². The van der Waals surface area contributed by atoms with Crippen molar-refractivity contribution in [3.05, 3.63) is 85.9 Å². The van der Waals surface area contributed by atoms with Gasteiger partial charge in [-0.05, 0) is 42.5 Å². The van der Waals surface area contributed by atoms with E-state index in [0.717, 1.165) is 11.3 Å². The van der Waals surface area contributed by atoms with Crippen LogP contribution in [0.1, 0.15) is 20.0 Å². The van der Waals surface area contributed by atoms with Gasteiger partial charge in [-0.2, -0.15) is 10.6 Å². The molecule has 13 heteroatoms. The van der Waals surface area contributed by atoms with Crippen LogP contribution in [-0.2, 0) is 4.74 Å². The molecule has 3 heterocycles. The quantitative estimate of drug-likeness (QED) is 0.251. The molecule has 4 N–H and O–H groups in total. The third-order valence-corrected chi connectivity index (χ3v) is 9.11. The number of nitrogens with one attached hydrogen (secondary N) is 2. The molecule has 0 saturated carbocycles. The monoisotopic (exact) mass is 594 g/mol. The van der Waals surface area contributed by atoms with Crippen molar-refractivity contribution in [3.63, 3.8) is 0 Å². The molecular weight excluding hydrogens is 564 g/mol. The van der Waals surface area contributed by atoms with Crippen molar-refractivity contribution in [1.82, 2.24) is 20.1 Å². The minimum atomic E-state index is -2.45. The Balaban J connectivity index is 1.32. The molecule has 0 spiro atoms. The SMILES string of the molecule is O=C(NCC(COCCN1CCS(O)(O)CC1)NC(=O)c1ccc(Cl)s1)c1ccc(-n2ccccc2=O)cc1. The minimum absolute atomic E-state index is 0.133. The molecule has 3 aromatic rings. The first-order valence-electron chi connectivity index (χ1n) is 12.4. The summed E-state index contributed by atoms with van der Waals surface area (Å²) in [5.74, 6) is 0.0928. The first kappa shape index (κ1) is 29.3. The number of hydrogen-bond acceptors (Lipinski definition) is 8. The number of carbonyl (C=O) groups excluding carboxylic acids is 2. The average molecular weight is 595 g/mol. The van der Waals surface area contributed by atoms with E-state index in [1.165, 1.54) is 10.6 Å². The molecule has 10 nitrogen and oxygen atoms in total. The van der Waals surface area contributed by atoms with Crippen LogP contribution in [0.15, 0.2) is 65.6 Å². The van der Waals surface area contributed by atoms with E-state index in [1.54, 1.807) is 54.7 Å². The van der Waals surface area contributed by atoms with E-state index in [2.05, 4.69) is 15.5 Å². The summed E-state index contributed by atoms with van der Waals surface area (Å²) < 4.78 is 27.3. The number of amides is 2. The van der Waals surface area contributed by atoms with Crippen LogP contribution >= 0.6 is 33.5 Å². The highest BCUT2D eigenvalue weighted by Gasteiger charge is 2.22. The third-order valence-electron chi connectivity index (χ3n) is 6.21. The highest BCUT2D eigenvalue weighted by atomic mass is 35.5. The molecule has 0 aliphatic carbocycles. The number of nitrogens with zero attached hydrogens (tertiary/aromatic N) is 2. The normalized spacial score (nSPS) is 16.8. The fraction of sp³-hybridized carbons (Fsp3) is 0.346. The lowest BCUT2D eigenvalue weighted by Gasteiger charge is -2.40. The van der Waals surface area contributed by atoms with E-state index in [1.807, 2.05) is 0 Å². The molecule has 1 atom stereocenters. The van der Waals surface area contributed by atoms with Crippen LogP contribution in [0.2, 0.25) is 4.34 Å². The van der Waals surface area contributed by atoms with Gasteiger partial charge < -0.3 is 15.4 Å². The lowest BCUT2D eigenvalue weighted by Crippen LogP contribution is -2.46. The number of hydrogen-bond donors (Lipinski definition) is 4. The summed E-state index contributed by atoms with van der Waals surface area (Å²) in [5, 5.41) is 5.74. The summed E-state index contributed by atoms with van der Waals surface area (Å²) in [6, 6.07) is 14.3. The number of halogens is 1. The average Bonchev–Trinajstić information content (AvgIpc) is 3.37. The van der Waals surface area contributed by atoms with Crippen LogP contribution in [0.4, 0.5) is 0 Å². The zero-order valence-corrected chi connectivity index (χ0v) is 23.5. The minimum Gasteiger partial charge on any atom is -0.378 e. The first-order valence-corrected chi connectivity index (χ1v) is 15.4. The molecule has 0 bridgehead atoms. The smallest absolute Gasteiger partial charge is 0.261 e. The Bertz CT molecular complexity index is 1320. The van der Waals surface area contributed by atoms with E-state index in [-0.39, 0.29) is 30.5 Å². The van der Waals surface area contributed by atoms with E-state index in [0.29, 0.717) is 58.2 Å². The van der Waals surface area contributed by atoms with Crippen molar-refractivity contribution in [2.24, 2.45) is 0 Å². The first-order chi connectivity index (χ1) is 18.7. The molecule has 1 aliphatic heterocycles. The van der Waals surface area contributed by atoms with Crippen molar-refractivity contribution in [3.8, 4) is 5.69 Å². The van der Waals surface area contributed by atoms with E-state index in [9.17, 15) is 23.5 Å². The molecule has 1 saturated heterocycles. The molecule has 0 radical (unpaired) electrons. The molecule has 2 amide bonds. The Morgan fingerprint density at radius 3 is 2.46 bits per heavy atom. The summed E-state index contributed by atoms with van der Waals surface area (Å²) in [7, 11) is -2.45. The lowest BCUT2D eigenvalue weighted by molar-refractivity contribution is 0.0745. The van der Waals surface area contributed by atoms with Gasteiger partial charge in [-0.3, -0.25) is 33.0 Å². The Morgan fingerprint density at radius 1 is 1.05 bits per heavy atom. The highest BCUT2D eigenvalue weighted by molar-refractivity contribution is 8.24. The third kappa shape index (κ3) is 8.64. The van der Waals surface area contributed by atoms with Gasteiger partial charge in [0, 0.05) is 49.7 Å². The second-order valence-electron chi connectivity index (χ2n) is 9.07. The van der Waals surface area contributed by atoms with Gasteiger partial charge in [-0.25, -0.2) is 0 Å². The van der Waals surface area contributed by atoms with Gasteiger partial charge >= 0.3 is 0 Å².